The predicted octanol–water partition coefficient (Wildman–Crippen LogP) is 1.63. The zero-order chi connectivity index (χ0) is 12.5. The molecule has 6 heteroatoms. The zero-order valence-corrected chi connectivity index (χ0v) is 11.6. The van der Waals surface area contributed by atoms with Gasteiger partial charge in [0.2, 0.25) is 10.0 Å². The van der Waals surface area contributed by atoms with Crippen molar-refractivity contribution in [1.82, 2.24) is 4.31 Å². The summed E-state index contributed by atoms with van der Waals surface area (Å²) in [4.78, 5) is 1.16. The van der Waals surface area contributed by atoms with Crippen LogP contribution in [-0.4, -0.2) is 25.8 Å². The molecule has 0 saturated carbocycles. The Balaban J connectivity index is 2.25. The summed E-state index contributed by atoms with van der Waals surface area (Å²) in [5, 5.41) is 1.79. The summed E-state index contributed by atoms with van der Waals surface area (Å²) in [6.45, 7) is 3.71. The van der Waals surface area contributed by atoms with Crippen molar-refractivity contribution in [2.24, 2.45) is 11.7 Å². The molecule has 17 heavy (non-hydrogen) atoms. The largest absolute Gasteiger partial charge is 0.326 e. The Hall–Kier alpha value is -0.430. The highest BCUT2D eigenvalue weighted by Crippen LogP contribution is 2.28. The molecule has 4 nitrogen and oxygen atoms in total. The molecule has 1 aromatic rings. The lowest BCUT2D eigenvalue weighted by molar-refractivity contribution is 0.288. The highest BCUT2D eigenvalue weighted by atomic mass is 32.2. The lowest BCUT2D eigenvalue weighted by Gasteiger charge is -2.29. The molecule has 1 saturated heterocycles. The molecule has 2 heterocycles. The summed E-state index contributed by atoms with van der Waals surface area (Å²) >= 11 is 1.41. The monoisotopic (exact) mass is 274 g/mol. The summed E-state index contributed by atoms with van der Waals surface area (Å²) in [6.07, 6.45) is 1.89. The molecular weight excluding hydrogens is 256 g/mol. The molecule has 96 valence electrons. The molecule has 1 aliphatic rings. The molecule has 1 aliphatic heterocycles. The molecule has 0 unspecified atom stereocenters. The Bertz CT molecular complexity index is 473. The van der Waals surface area contributed by atoms with E-state index in [4.69, 9.17) is 5.73 Å². The van der Waals surface area contributed by atoms with Crippen LogP contribution in [0.4, 0.5) is 0 Å². The van der Waals surface area contributed by atoms with Crippen molar-refractivity contribution < 1.29 is 8.42 Å². The van der Waals surface area contributed by atoms with Crippen LogP contribution in [0.1, 0.15) is 24.6 Å². The van der Waals surface area contributed by atoms with Crippen LogP contribution >= 0.6 is 11.3 Å². The maximum atomic E-state index is 12.4. The molecule has 0 aliphatic carbocycles. The van der Waals surface area contributed by atoms with Gasteiger partial charge in [0.1, 0.15) is 0 Å². The Labute approximate surface area is 106 Å². The predicted molar refractivity (Wildman–Crippen MR) is 69.4 cm³/mol. The van der Waals surface area contributed by atoms with Gasteiger partial charge in [0, 0.05) is 24.5 Å². The molecule has 0 bridgehead atoms. The molecule has 2 rings (SSSR count). The molecular formula is C11H18N2O2S2. The van der Waals surface area contributed by atoms with Gasteiger partial charge >= 0.3 is 0 Å². The average molecular weight is 274 g/mol. The van der Waals surface area contributed by atoms with E-state index in [1.807, 2.05) is 0 Å². The second kappa shape index (κ2) is 5.06. The van der Waals surface area contributed by atoms with Gasteiger partial charge in [0.05, 0.1) is 4.90 Å². The Morgan fingerprint density at radius 2 is 2.12 bits per heavy atom. The first-order valence-electron chi connectivity index (χ1n) is 5.82. The van der Waals surface area contributed by atoms with Gasteiger partial charge in [-0.3, -0.25) is 0 Å². The third-order valence-corrected chi connectivity index (χ3v) is 6.31. The van der Waals surface area contributed by atoms with Crippen molar-refractivity contribution in [1.29, 1.82) is 0 Å². The smallest absolute Gasteiger partial charge is 0.244 e. The second-order valence-corrected chi connectivity index (χ2v) is 7.41. The molecule has 0 amide bonds. The van der Waals surface area contributed by atoms with E-state index in [2.05, 4.69) is 6.92 Å². The summed E-state index contributed by atoms with van der Waals surface area (Å²) in [5.74, 6) is 0.623. The van der Waals surface area contributed by atoms with Gasteiger partial charge in [-0.1, -0.05) is 6.92 Å². The average Bonchev–Trinajstić information content (AvgIpc) is 2.78. The van der Waals surface area contributed by atoms with Crippen LogP contribution in [0.3, 0.4) is 0 Å². The maximum absolute atomic E-state index is 12.4. The molecule has 1 fully saturated rings. The zero-order valence-electron chi connectivity index (χ0n) is 9.93. The SMILES string of the molecule is CC1CCN(S(=O)(=O)c2ccsc2CN)CC1. The Kier molecular flexibility index (Phi) is 3.87. The van der Waals surface area contributed by atoms with E-state index in [0.29, 0.717) is 23.9 Å². The van der Waals surface area contributed by atoms with Gasteiger partial charge in [0.25, 0.3) is 0 Å². The van der Waals surface area contributed by atoms with Crippen molar-refractivity contribution in [2.45, 2.75) is 31.2 Å². The van der Waals surface area contributed by atoms with Gasteiger partial charge in [0.15, 0.2) is 0 Å². The van der Waals surface area contributed by atoms with E-state index >= 15 is 0 Å². The van der Waals surface area contributed by atoms with Crippen molar-refractivity contribution in [2.75, 3.05) is 13.1 Å². The normalized spacial score (nSPS) is 19.6. The third-order valence-electron chi connectivity index (χ3n) is 3.25. The summed E-state index contributed by atoms with van der Waals surface area (Å²) < 4.78 is 26.4. The molecule has 0 aromatic carbocycles. The molecule has 0 spiro atoms. The highest BCUT2D eigenvalue weighted by Gasteiger charge is 2.29. The summed E-state index contributed by atoms with van der Waals surface area (Å²) in [6, 6.07) is 1.67. The van der Waals surface area contributed by atoms with Crippen molar-refractivity contribution >= 4 is 21.4 Å². The highest BCUT2D eigenvalue weighted by molar-refractivity contribution is 7.89. The minimum Gasteiger partial charge on any atom is -0.326 e. The summed E-state index contributed by atoms with van der Waals surface area (Å²) in [7, 11) is -3.32. The van der Waals surface area contributed by atoms with Gasteiger partial charge in [-0.15, -0.1) is 11.3 Å². The van der Waals surface area contributed by atoms with E-state index in [0.717, 1.165) is 17.7 Å². The molecule has 0 radical (unpaired) electrons. The molecule has 2 N–H and O–H groups in total. The van der Waals surface area contributed by atoms with Crippen molar-refractivity contribution in [3.8, 4) is 0 Å². The number of hydrogen-bond acceptors (Lipinski definition) is 4. The number of sulfonamides is 1. The van der Waals surface area contributed by atoms with E-state index in [9.17, 15) is 8.42 Å². The van der Waals surface area contributed by atoms with E-state index in [-0.39, 0.29) is 6.54 Å². The number of piperidine rings is 1. The summed E-state index contributed by atoms with van der Waals surface area (Å²) in [5.41, 5.74) is 5.57. The lowest BCUT2D eigenvalue weighted by atomic mass is 10.0. The Morgan fingerprint density at radius 3 is 2.71 bits per heavy atom. The van der Waals surface area contributed by atoms with E-state index < -0.39 is 10.0 Å². The number of nitrogens with two attached hydrogens (primary N) is 1. The van der Waals surface area contributed by atoms with Crippen LogP contribution in [0.5, 0.6) is 0 Å². The number of hydrogen-bond donors (Lipinski definition) is 1. The first kappa shape index (κ1) is 13.0. The van der Waals surface area contributed by atoms with Gasteiger partial charge in [-0.25, -0.2) is 8.42 Å². The number of thiophene rings is 1. The third kappa shape index (κ3) is 2.54. The van der Waals surface area contributed by atoms with E-state index in [1.54, 1.807) is 15.8 Å². The topological polar surface area (TPSA) is 63.4 Å². The van der Waals surface area contributed by atoms with Gasteiger partial charge in [-0.2, -0.15) is 4.31 Å². The standard InChI is InChI=1S/C11H18N2O2S2/c1-9-2-5-13(6-3-9)17(14,15)11-4-7-16-10(11)8-12/h4,7,9H,2-3,5-6,8,12H2,1H3. The number of nitrogens with zero attached hydrogens (tertiary/aromatic N) is 1. The fourth-order valence-corrected chi connectivity index (χ4v) is 4.85. The Morgan fingerprint density at radius 1 is 1.47 bits per heavy atom. The van der Waals surface area contributed by atoms with Crippen LogP contribution in [0, 0.1) is 5.92 Å². The lowest BCUT2D eigenvalue weighted by Crippen LogP contribution is -2.38. The fraction of sp³-hybridized carbons (Fsp3) is 0.636. The maximum Gasteiger partial charge on any atom is 0.244 e. The molecule has 1 aromatic heterocycles. The molecule has 0 atom stereocenters. The first-order chi connectivity index (χ1) is 8.05. The van der Waals surface area contributed by atoms with Gasteiger partial charge < -0.3 is 5.73 Å². The quantitative estimate of drug-likeness (QED) is 0.911. The van der Waals surface area contributed by atoms with Crippen molar-refractivity contribution in [3.05, 3.63) is 16.3 Å². The fourth-order valence-electron chi connectivity index (χ4n) is 2.07. The van der Waals surface area contributed by atoms with Crippen LogP contribution in [-0.2, 0) is 16.6 Å². The van der Waals surface area contributed by atoms with Crippen LogP contribution in [0.2, 0.25) is 0 Å². The number of rotatable bonds is 3. The van der Waals surface area contributed by atoms with Crippen LogP contribution in [0.15, 0.2) is 16.3 Å². The minimum absolute atomic E-state index is 0.288. The van der Waals surface area contributed by atoms with E-state index in [1.165, 1.54) is 11.3 Å². The van der Waals surface area contributed by atoms with Gasteiger partial charge in [-0.05, 0) is 30.2 Å². The minimum atomic E-state index is -3.32. The first-order valence-corrected chi connectivity index (χ1v) is 8.14. The van der Waals surface area contributed by atoms with Crippen LogP contribution < -0.4 is 5.73 Å². The second-order valence-electron chi connectivity index (χ2n) is 4.50. The van der Waals surface area contributed by atoms with Crippen LogP contribution in [0.25, 0.3) is 0 Å². The van der Waals surface area contributed by atoms with Crippen molar-refractivity contribution in [3.63, 3.8) is 0 Å².